The van der Waals surface area contributed by atoms with Crippen LogP contribution in [0, 0.1) is 0 Å². The molecule has 1 aliphatic rings. The lowest BCUT2D eigenvalue weighted by Gasteiger charge is -2.12. The molecule has 2 heterocycles. The normalized spacial score (nSPS) is 26.0. The summed E-state index contributed by atoms with van der Waals surface area (Å²) in [5.41, 5.74) is 5.58. The number of nitrogens with zero attached hydrogens (tertiary/aromatic N) is 3. The van der Waals surface area contributed by atoms with Gasteiger partial charge in [0.05, 0.1) is 6.10 Å². The SMILES string of the molecule is CCCn1cnnc1C1CCC(CN)O1. The molecule has 0 amide bonds. The highest BCUT2D eigenvalue weighted by Gasteiger charge is 2.28. The molecule has 1 saturated heterocycles. The first-order valence-corrected chi connectivity index (χ1v) is 5.58. The van der Waals surface area contributed by atoms with Crippen molar-refractivity contribution in [3.8, 4) is 0 Å². The molecule has 2 atom stereocenters. The molecule has 2 unspecified atom stereocenters. The number of ether oxygens (including phenoxy) is 1. The summed E-state index contributed by atoms with van der Waals surface area (Å²) < 4.78 is 7.87. The first-order chi connectivity index (χ1) is 7.35. The van der Waals surface area contributed by atoms with E-state index in [-0.39, 0.29) is 12.2 Å². The van der Waals surface area contributed by atoms with Crippen molar-refractivity contribution in [1.82, 2.24) is 14.8 Å². The van der Waals surface area contributed by atoms with E-state index < -0.39 is 0 Å². The molecule has 1 aliphatic heterocycles. The second kappa shape index (κ2) is 4.72. The van der Waals surface area contributed by atoms with Crippen molar-refractivity contribution < 1.29 is 4.74 Å². The maximum absolute atomic E-state index is 5.79. The van der Waals surface area contributed by atoms with Crippen molar-refractivity contribution in [2.75, 3.05) is 6.54 Å². The van der Waals surface area contributed by atoms with Crippen molar-refractivity contribution in [2.24, 2.45) is 5.73 Å². The van der Waals surface area contributed by atoms with Gasteiger partial charge in [0.15, 0.2) is 5.82 Å². The van der Waals surface area contributed by atoms with Gasteiger partial charge >= 0.3 is 0 Å². The molecule has 1 aromatic rings. The zero-order chi connectivity index (χ0) is 10.7. The number of nitrogens with two attached hydrogens (primary N) is 1. The summed E-state index contributed by atoms with van der Waals surface area (Å²) in [6.07, 6.45) is 5.18. The maximum atomic E-state index is 5.79. The van der Waals surface area contributed by atoms with Crippen molar-refractivity contribution >= 4 is 0 Å². The van der Waals surface area contributed by atoms with Gasteiger partial charge in [-0.2, -0.15) is 0 Å². The highest BCUT2D eigenvalue weighted by Crippen LogP contribution is 2.30. The minimum Gasteiger partial charge on any atom is -0.366 e. The van der Waals surface area contributed by atoms with Crippen LogP contribution >= 0.6 is 0 Å². The van der Waals surface area contributed by atoms with Gasteiger partial charge in [0.25, 0.3) is 0 Å². The van der Waals surface area contributed by atoms with Crippen molar-refractivity contribution in [3.63, 3.8) is 0 Å². The van der Waals surface area contributed by atoms with Crippen LogP contribution in [0.5, 0.6) is 0 Å². The number of aromatic nitrogens is 3. The predicted molar refractivity (Wildman–Crippen MR) is 56.2 cm³/mol. The van der Waals surface area contributed by atoms with Crippen LogP contribution in [0.25, 0.3) is 0 Å². The summed E-state index contributed by atoms with van der Waals surface area (Å²) in [6.45, 7) is 3.69. The first-order valence-electron chi connectivity index (χ1n) is 5.58. The molecule has 0 bridgehead atoms. The Morgan fingerprint density at radius 2 is 2.47 bits per heavy atom. The highest BCUT2D eigenvalue weighted by molar-refractivity contribution is 4.95. The highest BCUT2D eigenvalue weighted by atomic mass is 16.5. The second-order valence-electron chi connectivity index (χ2n) is 3.94. The van der Waals surface area contributed by atoms with E-state index in [1.54, 1.807) is 6.33 Å². The molecule has 0 spiro atoms. The average molecular weight is 210 g/mol. The molecule has 1 fully saturated rings. The molecule has 15 heavy (non-hydrogen) atoms. The van der Waals surface area contributed by atoms with Crippen LogP contribution in [0.4, 0.5) is 0 Å². The third-order valence-electron chi connectivity index (χ3n) is 2.77. The van der Waals surface area contributed by atoms with Gasteiger partial charge in [0.2, 0.25) is 0 Å². The number of hydrogen-bond donors (Lipinski definition) is 1. The van der Waals surface area contributed by atoms with Crippen LogP contribution in [0.1, 0.15) is 38.1 Å². The van der Waals surface area contributed by atoms with Crippen LogP contribution in [0.3, 0.4) is 0 Å². The Labute approximate surface area is 89.6 Å². The summed E-state index contributed by atoms with van der Waals surface area (Å²) in [4.78, 5) is 0. The molecule has 0 saturated carbocycles. The summed E-state index contributed by atoms with van der Waals surface area (Å²) in [5.74, 6) is 0.952. The van der Waals surface area contributed by atoms with Crippen LogP contribution in [-0.2, 0) is 11.3 Å². The minimum absolute atomic E-state index is 0.0904. The molecule has 5 nitrogen and oxygen atoms in total. The van der Waals surface area contributed by atoms with Gasteiger partial charge in [-0.1, -0.05) is 6.92 Å². The van der Waals surface area contributed by atoms with E-state index in [9.17, 15) is 0 Å². The third kappa shape index (κ3) is 2.18. The Balaban J connectivity index is 2.06. The quantitative estimate of drug-likeness (QED) is 0.800. The van der Waals surface area contributed by atoms with Crippen LogP contribution in [0.15, 0.2) is 6.33 Å². The van der Waals surface area contributed by atoms with Crippen LogP contribution in [-0.4, -0.2) is 27.4 Å². The van der Waals surface area contributed by atoms with E-state index in [0.29, 0.717) is 6.54 Å². The Kier molecular flexibility index (Phi) is 3.33. The smallest absolute Gasteiger partial charge is 0.162 e. The second-order valence-corrected chi connectivity index (χ2v) is 3.94. The van der Waals surface area contributed by atoms with Gasteiger partial charge in [0, 0.05) is 13.1 Å². The summed E-state index contributed by atoms with van der Waals surface area (Å²) in [5, 5.41) is 8.07. The van der Waals surface area contributed by atoms with Gasteiger partial charge in [-0.3, -0.25) is 0 Å². The third-order valence-corrected chi connectivity index (χ3v) is 2.77. The molecule has 2 N–H and O–H groups in total. The zero-order valence-corrected chi connectivity index (χ0v) is 9.09. The van der Waals surface area contributed by atoms with Gasteiger partial charge in [-0.05, 0) is 19.3 Å². The minimum atomic E-state index is 0.0904. The Morgan fingerprint density at radius 1 is 1.60 bits per heavy atom. The molecule has 84 valence electrons. The van der Waals surface area contributed by atoms with Crippen molar-refractivity contribution in [3.05, 3.63) is 12.2 Å². The Bertz CT molecular complexity index is 312. The van der Waals surface area contributed by atoms with Gasteiger partial charge in [0.1, 0.15) is 12.4 Å². The molecule has 2 rings (SSSR count). The average Bonchev–Trinajstić information content (AvgIpc) is 2.85. The lowest BCUT2D eigenvalue weighted by molar-refractivity contribution is 0.0425. The molecule has 0 aliphatic carbocycles. The predicted octanol–water partition coefficient (Wildman–Crippen LogP) is 0.867. The van der Waals surface area contributed by atoms with E-state index in [1.807, 2.05) is 0 Å². The zero-order valence-electron chi connectivity index (χ0n) is 9.09. The van der Waals surface area contributed by atoms with Crippen molar-refractivity contribution in [1.29, 1.82) is 0 Å². The van der Waals surface area contributed by atoms with E-state index in [4.69, 9.17) is 10.5 Å². The standard InChI is InChI=1S/C10H18N4O/c1-2-5-14-7-12-13-10(14)9-4-3-8(6-11)15-9/h7-9H,2-6,11H2,1H3. The fourth-order valence-electron chi connectivity index (χ4n) is 2.00. The topological polar surface area (TPSA) is 66.0 Å². The van der Waals surface area contributed by atoms with Gasteiger partial charge in [-0.15, -0.1) is 10.2 Å². The molecule has 1 aromatic heterocycles. The molecule has 5 heteroatoms. The maximum Gasteiger partial charge on any atom is 0.162 e. The van der Waals surface area contributed by atoms with Crippen LogP contribution in [0.2, 0.25) is 0 Å². The summed E-state index contributed by atoms with van der Waals surface area (Å²) >= 11 is 0. The lowest BCUT2D eigenvalue weighted by atomic mass is 10.2. The number of aryl methyl sites for hydroxylation is 1. The molecular formula is C10H18N4O. The van der Waals surface area contributed by atoms with Crippen LogP contribution < -0.4 is 5.73 Å². The van der Waals surface area contributed by atoms with E-state index in [1.165, 1.54) is 0 Å². The number of rotatable bonds is 4. The number of hydrogen-bond acceptors (Lipinski definition) is 4. The molecule has 0 radical (unpaired) electrons. The molecular weight excluding hydrogens is 192 g/mol. The Hall–Kier alpha value is -0.940. The van der Waals surface area contributed by atoms with E-state index in [2.05, 4.69) is 21.7 Å². The van der Waals surface area contributed by atoms with E-state index in [0.717, 1.165) is 31.6 Å². The monoisotopic (exact) mass is 210 g/mol. The lowest BCUT2D eigenvalue weighted by Crippen LogP contribution is -2.19. The van der Waals surface area contributed by atoms with Gasteiger partial charge in [-0.25, -0.2) is 0 Å². The molecule has 0 aromatic carbocycles. The fourth-order valence-corrected chi connectivity index (χ4v) is 2.00. The van der Waals surface area contributed by atoms with Crippen molar-refractivity contribution in [2.45, 2.75) is 44.9 Å². The van der Waals surface area contributed by atoms with E-state index >= 15 is 0 Å². The first kappa shape index (κ1) is 10.6. The largest absolute Gasteiger partial charge is 0.366 e. The van der Waals surface area contributed by atoms with Gasteiger partial charge < -0.3 is 15.0 Å². The Morgan fingerprint density at radius 3 is 3.13 bits per heavy atom. The summed E-state index contributed by atoms with van der Waals surface area (Å²) in [6, 6.07) is 0. The fraction of sp³-hybridized carbons (Fsp3) is 0.800. The summed E-state index contributed by atoms with van der Waals surface area (Å²) in [7, 11) is 0.